The van der Waals surface area contributed by atoms with Crippen molar-refractivity contribution in [2.24, 2.45) is 23.2 Å². The van der Waals surface area contributed by atoms with E-state index in [1.807, 2.05) is 0 Å². The number of rotatable bonds is 5. The van der Waals surface area contributed by atoms with Crippen LogP contribution in [0.15, 0.2) is 5.38 Å². The third-order valence-corrected chi connectivity index (χ3v) is 7.79. The number of nitrogens with one attached hydrogen (secondary N) is 1. The van der Waals surface area contributed by atoms with Gasteiger partial charge < -0.3 is 10.4 Å². The lowest BCUT2D eigenvalue weighted by Gasteiger charge is -2.57. The van der Waals surface area contributed by atoms with E-state index in [2.05, 4.69) is 10.3 Å². The molecule has 1 aromatic heterocycles. The minimum Gasteiger partial charge on any atom is -0.374 e. The van der Waals surface area contributed by atoms with Gasteiger partial charge in [0.05, 0.1) is 6.42 Å². The van der Waals surface area contributed by atoms with Gasteiger partial charge in [0.2, 0.25) is 11.5 Å². The van der Waals surface area contributed by atoms with Gasteiger partial charge in [-0.15, -0.1) is 11.3 Å². The molecule has 0 radical (unpaired) electrons. The van der Waals surface area contributed by atoms with Gasteiger partial charge in [-0.25, -0.2) is 4.98 Å². The molecular weight excluding hydrogens is 377 g/mol. The topological polar surface area (TPSA) is 62.2 Å². The van der Waals surface area contributed by atoms with E-state index in [1.54, 1.807) is 6.92 Å². The van der Waals surface area contributed by atoms with Crippen LogP contribution in [0.25, 0.3) is 0 Å². The maximum absolute atomic E-state index is 13.6. The standard InChI is InChI=1S/C19H25F3N2O2S/c1-11-9-27-16(24-11)18(26,19(20,21)22)8-15(25)23-10-17-5-12-2-13(6-17)4-14(3-12)7-17/h9,12-14,26H,2-8,10H2,1H3,(H,23,25). The summed E-state index contributed by atoms with van der Waals surface area (Å²) in [6.45, 7) is 1.98. The van der Waals surface area contributed by atoms with Crippen LogP contribution in [0.4, 0.5) is 13.2 Å². The highest BCUT2D eigenvalue weighted by atomic mass is 32.1. The van der Waals surface area contributed by atoms with Crippen LogP contribution < -0.4 is 5.32 Å². The fraction of sp³-hybridized carbons (Fsp3) is 0.789. The molecule has 4 saturated carbocycles. The van der Waals surface area contributed by atoms with Crippen LogP contribution >= 0.6 is 11.3 Å². The largest absolute Gasteiger partial charge is 0.424 e. The monoisotopic (exact) mass is 402 g/mol. The van der Waals surface area contributed by atoms with Gasteiger partial charge >= 0.3 is 6.18 Å². The number of alkyl halides is 3. The number of aryl methyl sites for hydroxylation is 1. The number of carbonyl (C=O) groups is 1. The molecule has 0 aliphatic heterocycles. The van der Waals surface area contributed by atoms with Gasteiger partial charge in [-0.1, -0.05) is 0 Å². The van der Waals surface area contributed by atoms with Crippen LogP contribution in [0.1, 0.15) is 55.6 Å². The third-order valence-electron chi connectivity index (χ3n) is 6.68. The third kappa shape index (κ3) is 3.50. The molecule has 1 aromatic rings. The van der Waals surface area contributed by atoms with Crippen LogP contribution in [0.5, 0.6) is 0 Å². The lowest BCUT2D eigenvalue weighted by molar-refractivity contribution is -0.267. The summed E-state index contributed by atoms with van der Waals surface area (Å²) in [6, 6.07) is 0. The molecule has 1 unspecified atom stereocenters. The summed E-state index contributed by atoms with van der Waals surface area (Å²) in [6.07, 6.45) is 0.988. The number of amides is 1. The molecule has 4 aliphatic carbocycles. The molecular formula is C19H25F3N2O2S. The minimum atomic E-state index is -4.96. The Hall–Kier alpha value is -1.15. The van der Waals surface area contributed by atoms with Crippen LogP contribution in [-0.2, 0) is 10.4 Å². The Bertz CT molecular complexity index is 697. The van der Waals surface area contributed by atoms with Gasteiger partial charge in [0, 0.05) is 17.6 Å². The van der Waals surface area contributed by atoms with Crippen molar-refractivity contribution in [1.82, 2.24) is 10.3 Å². The summed E-state index contributed by atoms with van der Waals surface area (Å²) in [5.41, 5.74) is -2.80. The molecule has 1 atom stereocenters. The first-order chi connectivity index (χ1) is 12.6. The lowest BCUT2D eigenvalue weighted by Crippen LogP contribution is -2.52. The number of halogens is 3. The highest BCUT2D eigenvalue weighted by Gasteiger charge is 2.58. The molecule has 2 N–H and O–H groups in total. The number of nitrogens with zero attached hydrogens (tertiary/aromatic N) is 1. The van der Waals surface area contributed by atoms with Gasteiger partial charge in [0.1, 0.15) is 5.01 Å². The maximum Gasteiger partial charge on any atom is 0.424 e. The van der Waals surface area contributed by atoms with Crippen LogP contribution in [0, 0.1) is 30.1 Å². The van der Waals surface area contributed by atoms with Crippen LogP contribution in [0.2, 0.25) is 0 Å². The first kappa shape index (κ1) is 19.2. The van der Waals surface area contributed by atoms with Crippen molar-refractivity contribution < 1.29 is 23.1 Å². The second-order valence-electron chi connectivity index (χ2n) is 9.02. The second-order valence-corrected chi connectivity index (χ2v) is 9.88. The molecule has 1 heterocycles. The van der Waals surface area contributed by atoms with E-state index in [-0.39, 0.29) is 5.41 Å². The summed E-state index contributed by atoms with van der Waals surface area (Å²) in [4.78, 5) is 16.2. The van der Waals surface area contributed by atoms with Crippen molar-refractivity contribution in [3.8, 4) is 0 Å². The minimum absolute atomic E-state index is 0.0402. The van der Waals surface area contributed by atoms with Crippen molar-refractivity contribution in [3.05, 3.63) is 16.1 Å². The first-order valence-corrected chi connectivity index (χ1v) is 10.4. The molecule has 4 fully saturated rings. The second kappa shape index (κ2) is 6.44. The van der Waals surface area contributed by atoms with E-state index in [9.17, 15) is 23.1 Å². The van der Waals surface area contributed by atoms with E-state index in [1.165, 1.54) is 24.6 Å². The molecule has 150 valence electrons. The molecule has 27 heavy (non-hydrogen) atoms. The van der Waals surface area contributed by atoms with Crippen LogP contribution in [-0.4, -0.2) is 28.7 Å². The number of aromatic nitrogens is 1. The van der Waals surface area contributed by atoms with Gasteiger partial charge in [-0.05, 0) is 68.6 Å². The summed E-state index contributed by atoms with van der Waals surface area (Å²) < 4.78 is 40.7. The highest BCUT2D eigenvalue weighted by molar-refractivity contribution is 7.09. The zero-order valence-corrected chi connectivity index (χ0v) is 16.1. The Balaban J connectivity index is 1.43. The van der Waals surface area contributed by atoms with Gasteiger partial charge in [0.25, 0.3) is 0 Å². The predicted molar refractivity (Wildman–Crippen MR) is 95.0 cm³/mol. The molecule has 0 saturated heterocycles. The van der Waals surface area contributed by atoms with Crippen molar-refractivity contribution in [1.29, 1.82) is 0 Å². The van der Waals surface area contributed by atoms with Crippen molar-refractivity contribution in [3.63, 3.8) is 0 Å². The van der Waals surface area contributed by atoms with Gasteiger partial charge in [-0.3, -0.25) is 4.79 Å². The predicted octanol–water partition coefficient (Wildman–Crippen LogP) is 3.92. The molecule has 0 aromatic carbocycles. The summed E-state index contributed by atoms with van der Waals surface area (Å²) >= 11 is 0.730. The smallest absolute Gasteiger partial charge is 0.374 e. The summed E-state index contributed by atoms with van der Waals surface area (Å²) in [5.74, 6) is 1.36. The molecule has 4 bridgehead atoms. The number of aliphatic hydroxyl groups is 1. The Morgan fingerprint density at radius 2 is 1.81 bits per heavy atom. The van der Waals surface area contributed by atoms with Crippen molar-refractivity contribution in [2.45, 2.75) is 63.6 Å². The Morgan fingerprint density at radius 3 is 2.26 bits per heavy atom. The first-order valence-electron chi connectivity index (χ1n) is 9.57. The normalized spacial score (nSPS) is 34.5. The molecule has 5 rings (SSSR count). The number of hydrogen-bond donors (Lipinski definition) is 2. The Kier molecular flexibility index (Phi) is 4.57. The van der Waals surface area contributed by atoms with E-state index in [0.717, 1.165) is 30.6 Å². The van der Waals surface area contributed by atoms with E-state index < -0.39 is 29.1 Å². The Morgan fingerprint density at radius 1 is 1.26 bits per heavy atom. The Labute approximate surface area is 160 Å². The fourth-order valence-corrected chi connectivity index (χ4v) is 6.84. The number of thiazole rings is 1. The van der Waals surface area contributed by atoms with E-state index >= 15 is 0 Å². The number of carbonyl (C=O) groups excluding carboxylic acids is 1. The maximum atomic E-state index is 13.6. The van der Waals surface area contributed by atoms with Gasteiger partial charge in [-0.2, -0.15) is 13.2 Å². The lowest BCUT2D eigenvalue weighted by atomic mass is 9.49. The average Bonchev–Trinajstić information content (AvgIpc) is 2.98. The quantitative estimate of drug-likeness (QED) is 0.785. The van der Waals surface area contributed by atoms with Crippen LogP contribution in [0.3, 0.4) is 0 Å². The summed E-state index contributed by atoms with van der Waals surface area (Å²) in [5, 5.41) is 14.0. The zero-order chi connectivity index (χ0) is 19.4. The SMILES string of the molecule is Cc1csc(C(O)(CC(=O)NCC23CC4CC(CC(C4)C2)C3)C(F)(F)F)n1. The molecule has 4 nitrogen and oxygen atoms in total. The molecule has 8 heteroatoms. The van der Waals surface area contributed by atoms with E-state index in [0.29, 0.717) is 30.0 Å². The van der Waals surface area contributed by atoms with E-state index in [4.69, 9.17) is 0 Å². The summed E-state index contributed by atoms with van der Waals surface area (Å²) in [7, 11) is 0. The zero-order valence-electron chi connectivity index (χ0n) is 15.3. The van der Waals surface area contributed by atoms with Gasteiger partial charge in [0.15, 0.2) is 0 Å². The molecule has 4 aliphatic rings. The highest BCUT2D eigenvalue weighted by Crippen LogP contribution is 2.59. The number of hydrogen-bond acceptors (Lipinski definition) is 4. The fourth-order valence-electron chi connectivity index (χ4n) is 5.93. The molecule has 0 spiro atoms. The van der Waals surface area contributed by atoms with Crippen molar-refractivity contribution >= 4 is 17.2 Å². The molecule has 1 amide bonds. The van der Waals surface area contributed by atoms with Crippen molar-refractivity contribution in [2.75, 3.05) is 6.54 Å². The average molecular weight is 402 g/mol.